The monoisotopic (exact) mass is 214 g/mol. The molecule has 15 heavy (non-hydrogen) atoms. The first-order chi connectivity index (χ1) is 7.19. The smallest absolute Gasteiger partial charge is 0.0615 e. The number of hydrogen-bond donors (Lipinski definition) is 1. The summed E-state index contributed by atoms with van der Waals surface area (Å²) in [5.41, 5.74) is 0. The SMILES string of the molecule is CCN(CC1NCCC1C)C(C)COC. The molecule has 0 spiro atoms. The van der Waals surface area contributed by atoms with E-state index in [1.807, 2.05) is 0 Å². The Labute approximate surface area is 94.2 Å². The quantitative estimate of drug-likeness (QED) is 0.722. The van der Waals surface area contributed by atoms with Crippen LogP contribution in [-0.4, -0.2) is 50.3 Å². The lowest BCUT2D eigenvalue weighted by molar-refractivity contribution is 0.0941. The van der Waals surface area contributed by atoms with Crippen molar-refractivity contribution in [3.05, 3.63) is 0 Å². The highest BCUT2D eigenvalue weighted by Crippen LogP contribution is 2.16. The van der Waals surface area contributed by atoms with Crippen molar-refractivity contribution in [1.82, 2.24) is 10.2 Å². The Bertz CT molecular complexity index is 175. The lowest BCUT2D eigenvalue weighted by Crippen LogP contribution is -2.45. The molecule has 1 heterocycles. The number of rotatable bonds is 6. The van der Waals surface area contributed by atoms with E-state index in [1.165, 1.54) is 13.0 Å². The highest BCUT2D eigenvalue weighted by atomic mass is 16.5. The predicted octanol–water partition coefficient (Wildman–Crippen LogP) is 1.34. The lowest BCUT2D eigenvalue weighted by Gasteiger charge is -2.31. The first kappa shape index (κ1) is 12.9. The van der Waals surface area contributed by atoms with Gasteiger partial charge >= 0.3 is 0 Å². The zero-order chi connectivity index (χ0) is 11.3. The van der Waals surface area contributed by atoms with Gasteiger partial charge < -0.3 is 10.1 Å². The standard InChI is InChI=1S/C12H26N2O/c1-5-14(11(3)9-15-4)8-12-10(2)6-7-13-12/h10-13H,5-9H2,1-4H3. The third-order valence-electron chi connectivity index (χ3n) is 3.56. The minimum atomic E-state index is 0.523. The molecule has 90 valence electrons. The summed E-state index contributed by atoms with van der Waals surface area (Å²) in [6.45, 7) is 11.1. The molecular formula is C12H26N2O. The third kappa shape index (κ3) is 3.74. The maximum Gasteiger partial charge on any atom is 0.0615 e. The van der Waals surface area contributed by atoms with Crippen LogP contribution in [0.25, 0.3) is 0 Å². The summed E-state index contributed by atoms with van der Waals surface area (Å²) in [5, 5.41) is 3.59. The molecule has 0 aromatic heterocycles. The summed E-state index contributed by atoms with van der Waals surface area (Å²) < 4.78 is 5.22. The van der Waals surface area contributed by atoms with E-state index in [2.05, 4.69) is 31.0 Å². The summed E-state index contributed by atoms with van der Waals surface area (Å²) in [5.74, 6) is 0.814. The topological polar surface area (TPSA) is 24.5 Å². The maximum absolute atomic E-state index is 5.22. The molecule has 0 aromatic carbocycles. The number of methoxy groups -OCH3 is 1. The van der Waals surface area contributed by atoms with Crippen LogP contribution in [0.15, 0.2) is 0 Å². The molecule has 0 aromatic rings. The van der Waals surface area contributed by atoms with Gasteiger partial charge in [-0.1, -0.05) is 13.8 Å². The number of hydrogen-bond acceptors (Lipinski definition) is 3. The Morgan fingerprint density at radius 2 is 2.27 bits per heavy atom. The van der Waals surface area contributed by atoms with Crippen molar-refractivity contribution in [2.75, 3.05) is 33.4 Å². The molecule has 0 amide bonds. The van der Waals surface area contributed by atoms with Gasteiger partial charge in [-0.2, -0.15) is 0 Å². The van der Waals surface area contributed by atoms with Crippen molar-refractivity contribution < 1.29 is 4.74 Å². The zero-order valence-electron chi connectivity index (χ0n) is 10.6. The molecule has 0 bridgehead atoms. The minimum Gasteiger partial charge on any atom is -0.383 e. The van der Waals surface area contributed by atoms with E-state index < -0.39 is 0 Å². The second kappa shape index (κ2) is 6.46. The molecule has 1 aliphatic rings. The molecule has 1 saturated heterocycles. The van der Waals surface area contributed by atoms with Crippen molar-refractivity contribution in [3.63, 3.8) is 0 Å². The summed E-state index contributed by atoms with van der Waals surface area (Å²) in [6, 6.07) is 1.19. The average molecular weight is 214 g/mol. The predicted molar refractivity (Wildman–Crippen MR) is 64.2 cm³/mol. The van der Waals surface area contributed by atoms with Gasteiger partial charge in [-0.3, -0.25) is 4.90 Å². The molecule has 3 atom stereocenters. The van der Waals surface area contributed by atoms with Gasteiger partial charge in [0.05, 0.1) is 6.61 Å². The molecule has 1 fully saturated rings. The molecule has 1 aliphatic heterocycles. The molecule has 3 unspecified atom stereocenters. The molecule has 0 saturated carbocycles. The molecule has 3 heteroatoms. The number of ether oxygens (including phenoxy) is 1. The van der Waals surface area contributed by atoms with Crippen LogP contribution in [-0.2, 0) is 4.74 Å². The summed E-state index contributed by atoms with van der Waals surface area (Å²) in [7, 11) is 1.78. The van der Waals surface area contributed by atoms with Gasteiger partial charge in [0.15, 0.2) is 0 Å². The first-order valence-corrected chi connectivity index (χ1v) is 6.15. The van der Waals surface area contributed by atoms with Crippen LogP contribution in [0.3, 0.4) is 0 Å². The van der Waals surface area contributed by atoms with Gasteiger partial charge in [0.25, 0.3) is 0 Å². The van der Waals surface area contributed by atoms with Crippen LogP contribution in [0.4, 0.5) is 0 Å². The van der Waals surface area contributed by atoms with Gasteiger partial charge in [0.1, 0.15) is 0 Å². The molecule has 0 radical (unpaired) electrons. The van der Waals surface area contributed by atoms with Crippen LogP contribution in [0.1, 0.15) is 27.2 Å². The Morgan fingerprint density at radius 3 is 2.73 bits per heavy atom. The second-order valence-electron chi connectivity index (χ2n) is 4.72. The maximum atomic E-state index is 5.22. The summed E-state index contributed by atoms with van der Waals surface area (Å²) in [4.78, 5) is 2.50. The molecule has 1 rings (SSSR count). The number of nitrogens with one attached hydrogen (secondary N) is 1. The van der Waals surface area contributed by atoms with Crippen molar-refractivity contribution in [2.24, 2.45) is 5.92 Å². The van der Waals surface area contributed by atoms with Crippen molar-refractivity contribution in [1.29, 1.82) is 0 Å². The fourth-order valence-corrected chi connectivity index (χ4v) is 2.36. The Balaban J connectivity index is 2.38. The van der Waals surface area contributed by atoms with Crippen molar-refractivity contribution in [3.8, 4) is 0 Å². The summed E-state index contributed by atoms with van der Waals surface area (Å²) in [6.07, 6.45) is 1.32. The van der Waals surface area contributed by atoms with E-state index in [-0.39, 0.29) is 0 Å². The van der Waals surface area contributed by atoms with E-state index in [1.54, 1.807) is 7.11 Å². The molecule has 0 aliphatic carbocycles. The van der Waals surface area contributed by atoms with E-state index in [4.69, 9.17) is 4.74 Å². The van der Waals surface area contributed by atoms with Crippen molar-refractivity contribution in [2.45, 2.75) is 39.3 Å². The zero-order valence-corrected chi connectivity index (χ0v) is 10.6. The molecular weight excluding hydrogens is 188 g/mol. The average Bonchev–Trinajstić information content (AvgIpc) is 2.61. The molecule has 3 nitrogen and oxygen atoms in total. The summed E-state index contributed by atoms with van der Waals surface area (Å²) >= 11 is 0. The fraction of sp³-hybridized carbons (Fsp3) is 1.00. The normalized spacial score (nSPS) is 28.6. The van der Waals surface area contributed by atoms with Gasteiger partial charge in [0.2, 0.25) is 0 Å². The third-order valence-corrected chi connectivity index (χ3v) is 3.56. The Kier molecular flexibility index (Phi) is 5.58. The number of likely N-dealkylation sites (N-methyl/N-ethyl adjacent to an activating group) is 1. The van der Waals surface area contributed by atoms with Gasteiger partial charge in [0, 0.05) is 25.7 Å². The fourth-order valence-electron chi connectivity index (χ4n) is 2.36. The van der Waals surface area contributed by atoms with Crippen LogP contribution >= 0.6 is 0 Å². The van der Waals surface area contributed by atoms with Gasteiger partial charge in [-0.05, 0) is 32.4 Å². The van der Waals surface area contributed by atoms with Crippen LogP contribution in [0.5, 0.6) is 0 Å². The van der Waals surface area contributed by atoms with E-state index in [0.717, 1.165) is 25.6 Å². The second-order valence-corrected chi connectivity index (χ2v) is 4.72. The van der Waals surface area contributed by atoms with Crippen LogP contribution in [0.2, 0.25) is 0 Å². The largest absolute Gasteiger partial charge is 0.383 e. The Hall–Kier alpha value is -0.120. The highest BCUT2D eigenvalue weighted by molar-refractivity contribution is 4.84. The first-order valence-electron chi connectivity index (χ1n) is 6.15. The van der Waals surface area contributed by atoms with Gasteiger partial charge in [-0.15, -0.1) is 0 Å². The number of nitrogens with zero attached hydrogens (tertiary/aromatic N) is 1. The van der Waals surface area contributed by atoms with Crippen LogP contribution in [0, 0.1) is 5.92 Å². The highest BCUT2D eigenvalue weighted by Gasteiger charge is 2.25. The van der Waals surface area contributed by atoms with Gasteiger partial charge in [-0.25, -0.2) is 0 Å². The Morgan fingerprint density at radius 1 is 1.53 bits per heavy atom. The lowest BCUT2D eigenvalue weighted by atomic mass is 10.0. The van der Waals surface area contributed by atoms with E-state index in [0.29, 0.717) is 12.1 Å². The van der Waals surface area contributed by atoms with E-state index >= 15 is 0 Å². The molecule has 1 N–H and O–H groups in total. The minimum absolute atomic E-state index is 0.523. The van der Waals surface area contributed by atoms with E-state index in [9.17, 15) is 0 Å². The van der Waals surface area contributed by atoms with Crippen LogP contribution < -0.4 is 5.32 Å². The van der Waals surface area contributed by atoms with Crippen molar-refractivity contribution >= 4 is 0 Å².